The molecule has 0 radical (unpaired) electrons. The number of hydrogen-bond donors (Lipinski definition) is 3. The van der Waals surface area contributed by atoms with Gasteiger partial charge in [-0.2, -0.15) is 0 Å². The average Bonchev–Trinajstić information content (AvgIpc) is 3.05. The van der Waals surface area contributed by atoms with Gasteiger partial charge < -0.3 is 16.6 Å². The standard InChI is InChI=1S/C26H20N2O2/c27-23-11-5-3-9-20(23)26(21-10-4-6-12-24(21)28)19-8-2-1-7-17(19)18-14-13-16(25(29)30)15-22(18)26/h1-15H,27-28H2,(H,29,30). The maximum atomic E-state index is 11.8. The molecule has 5 rings (SSSR count). The van der Waals surface area contributed by atoms with Gasteiger partial charge in [0.1, 0.15) is 0 Å². The number of anilines is 2. The first kappa shape index (κ1) is 18.0. The summed E-state index contributed by atoms with van der Waals surface area (Å²) < 4.78 is 0. The van der Waals surface area contributed by atoms with Crippen molar-refractivity contribution in [2.24, 2.45) is 0 Å². The van der Waals surface area contributed by atoms with Crippen LogP contribution in [0.2, 0.25) is 0 Å². The lowest BCUT2D eigenvalue weighted by Crippen LogP contribution is -2.31. The van der Waals surface area contributed by atoms with Gasteiger partial charge in [-0.15, -0.1) is 0 Å². The fourth-order valence-corrected chi connectivity index (χ4v) is 4.81. The predicted molar refractivity (Wildman–Crippen MR) is 120 cm³/mol. The summed E-state index contributed by atoms with van der Waals surface area (Å²) in [6.07, 6.45) is 0. The van der Waals surface area contributed by atoms with E-state index in [4.69, 9.17) is 11.5 Å². The number of fused-ring (bicyclic) bond motifs is 3. The molecule has 1 aliphatic carbocycles. The Hall–Kier alpha value is -4.05. The lowest BCUT2D eigenvalue weighted by molar-refractivity contribution is 0.0696. The van der Waals surface area contributed by atoms with Crippen molar-refractivity contribution in [3.05, 3.63) is 119 Å². The van der Waals surface area contributed by atoms with E-state index in [-0.39, 0.29) is 5.56 Å². The Morgan fingerprint density at radius 2 is 1.13 bits per heavy atom. The molecule has 0 atom stereocenters. The molecule has 0 bridgehead atoms. The largest absolute Gasteiger partial charge is 0.478 e. The van der Waals surface area contributed by atoms with Crippen molar-refractivity contribution in [3.63, 3.8) is 0 Å². The fourth-order valence-electron chi connectivity index (χ4n) is 4.81. The van der Waals surface area contributed by atoms with E-state index in [2.05, 4.69) is 12.1 Å². The molecule has 146 valence electrons. The molecule has 0 saturated carbocycles. The normalized spacial score (nSPS) is 13.5. The molecule has 4 aromatic rings. The molecule has 0 heterocycles. The zero-order valence-corrected chi connectivity index (χ0v) is 16.2. The molecule has 0 fully saturated rings. The van der Waals surface area contributed by atoms with Crippen LogP contribution < -0.4 is 11.5 Å². The minimum Gasteiger partial charge on any atom is -0.478 e. The first-order valence-electron chi connectivity index (χ1n) is 9.73. The molecule has 0 unspecified atom stereocenters. The topological polar surface area (TPSA) is 89.3 Å². The monoisotopic (exact) mass is 392 g/mol. The number of para-hydroxylation sites is 2. The van der Waals surface area contributed by atoms with Gasteiger partial charge in [-0.3, -0.25) is 0 Å². The Labute approximate surface area is 174 Å². The van der Waals surface area contributed by atoms with Crippen molar-refractivity contribution in [1.82, 2.24) is 0 Å². The SMILES string of the molecule is Nc1ccccc1C1(c2ccccc2N)c2ccccc2-c2ccc(C(=O)O)cc21. The number of benzene rings is 4. The van der Waals surface area contributed by atoms with Gasteiger partial charge in [0.05, 0.1) is 11.0 Å². The van der Waals surface area contributed by atoms with Crippen molar-refractivity contribution in [2.75, 3.05) is 11.5 Å². The highest BCUT2D eigenvalue weighted by atomic mass is 16.4. The molecule has 5 N–H and O–H groups in total. The molecule has 0 aliphatic heterocycles. The molecule has 0 amide bonds. The third-order valence-electron chi connectivity index (χ3n) is 6.02. The van der Waals surface area contributed by atoms with Crippen LogP contribution in [0.4, 0.5) is 11.4 Å². The summed E-state index contributed by atoms with van der Waals surface area (Å²) in [6.45, 7) is 0. The van der Waals surface area contributed by atoms with E-state index in [9.17, 15) is 9.90 Å². The number of hydrogen-bond acceptors (Lipinski definition) is 3. The zero-order chi connectivity index (χ0) is 20.9. The molecular weight excluding hydrogens is 372 g/mol. The molecule has 4 nitrogen and oxygen atoms in total. The first-order chi connectivity index (χ1) is 14.5. The highest BCUT2D eigenvalue weighted by Gasteiger charge is 2.48. The summed E-state index contributed by atoms with van der Waals surface area (Å²) in [5.74, 6) is -0.968. The number of aromatic carboxylic acids is 1. The van der Waals surface area contributed by atoms with Crippen LogP contribution in [0.3, 0.4) is 0 Å². The number of carboxylic acids is 1. The smallest absolute Gasteiger partial charge is 0.335 e. The Balaban J connectivity index is 2.02. The minimum absolute atomic E-state index is 0.231. The van der Waals surface area contributed by atoms with Crippen LogP contribution >= 0.6 is 0 Å². The van der Waals surface area contributed by atoms with Crippen molar-refractivity contribution in [1.29, 1.82) is 0 Å². The minimum atomic E-state index is -0.968. The molecule has 30 heavy (non-hydrogen) atoms. The lowest BCUT2D eigenvalue weighted by atomic mass is 9.66. The third kappa shape index (κ3) is 2.31. The van der Waals surface area contributed by atoms with Crippen LogP contribution in [0.5, 0.6) is 0 Å². The predicted octanol–water partition coefficient (Wildman–Crippen LogP) is 4.91. The number of nitrogens with two attached hydrogens (primary N) is 2. The van der Waals surface area contributed by atoms with E-state index < -0.39 is 11.4 Å². The number of carboxylic acid groups (broad SMARTS) is 1. The van der Waals surface area contributed by atoms with Crippen LogP contribution in [0.25, 0.3) is 11.1 Å². The summed E-state index contributed by atoms with van der Waals surface area (Å²) in [5.41, 5.74) is 19.5. The highest BCUT2D eigenvalue weighted by Crippen LogP contribution is 2.58. The number of carbonyl (C=O) groups is 1. The van der Waals surface area contributed by atoms with Gasteiger partial charge in [-0.1, -0.05) is 66.7 Å². The van der Waals surface area contributed by atoms with Gasteiger partial charge in [0.15, 0.2) is 0 Å². The van der Waals surface area contributed by atoms with Gasteiger partial charge in [0, 0.05) is 11.4 Å². The Morgan fingerprint density at radius 1 is 0.633 bits per heavy atom. The van der Waals surface area contributed by atoms with Crippen molar-refractivity contribution < 1.29 is 9.90 Å². The summed E-state index contributed by atoms with van der Waals surface area (Å²) in [6, 6.07) is 28.9. The zero-order valence-electron chi connectivity index (χ0n) is 16.2. The maximum Gasteiger partial charge on any atom is 0.335 e. The van der Waals surface area contributed by atoms with Crippen LogP contribution in [-0.4, -0.2) is 11.1 Å². The molecule has 0 spiro atoms. The van der Waals surface area contributed by atoms with E-state index in [0.29, 0.717) is 11.4 Å². The van der Waals surface area contributed by atoms with Gasteiger partial charge >= 0.3 is 5.97 Å². The van der Waals surface area contributed by atoms with E-state index in [0.717, 1.165) is 33.4 Å². The van der Waals surface area contributed by atoms with Gasteiger partial charge in [-0.05, 0) is 57.6 Å². The van der Waals surface area contributed by atoms with Gasteiger partial charge in [0.25, 0.3) is 0 Å². The second-order valence-corrected chi connectivity index (χ2v) is 7.54. The number of rotatable bonds is 3. The van der Waals surface area contributed by atoms with E-state index in [1.807, 2.05) is 66.7 Å². The number of nitrogen functional groups attached to an aromatic ring is 2. The molecule has 0 saturated heterocycles. The highest BCUT2D eigenvalue weighted by molar-refractivity contribution is 5.94. The quantitative estimate of drug-likeness (QED) is 0.381. The Morgan fingerprint density at radius 3 is 1.70 bits per heavy atom. The summed E-state index contributed by atoms with van der Waals surface area (Å²) >= 11 is 0. The molecule has 4 heteroatoms. The van der Waals surface area contributed by atoms with E-state index >= 15 is 0 Å². The van der Waals surface area contributed by atoms with Gasteiger partial charge in [0.2, 0.25) is 0 Å². The van der Waals surface area contributed by atoms with Crippen LogP contribution in [0.15, 0.2) is 91.0 Å². The van der Waals surface area contributed by atoms with Gasteiger partial charge in [-0.25, -0.2) is 4.79 Å². The summed E-state index contributed by atoms with van der Waals surface area (Å²) in [4.78, 5) is 11.8. The average molecular weight is 392 g/mol. The summed E-state index contributed by atoms with van der Waals surface area (Å²) in [5, 5.41) is 9.70. The second-order valence-electron chi connectivity index (χ2n) is 7.54. The lowest BCUT2D eigenvalue weighted by Gasteiger charge is -2.35. The fraction of sp³-hybridized carbons (Fsp3) is 0.0385. The van der Waals surface area contributed by atoms with Crippen molar-refractivity contribution in [3.8, 4) is 11.1 Å². The molecule has 0 aromatic heterocycles. The van der Waals surface area contributed by atoms with E-state index in [1.165, 1.54) is 0 Å². The van der Waals surface area contributed by atoms with E-state index in [1.54, 1.807) is 12.1 Å². The molecule has 4 aromatic carbocycles. The van der Waals surface area contributed by atoms with Crippen LogP contribution in [0.1, 0.15) is 32.6 Å². The van der Waals surface area contributed by atoms with Crippen molar-refractivity contribution >= 4 is 17.3 Å². The third-order valence-corrected chi connectivity index (χ3v) is 6.02. The first-order valence-corrected chi connectivity index (χ1v) is 9.73. The maximum absolute atomic E-state index is 11.8. The second kappa shape index (κ2) is 6.49. The Bertz CT molecular complexity index is 1260. The van der Waals surface area contributed by atoms with Crippen molar-refractivity contribution in [2.45, 2.75) is 5.41 Å². The molecular formula is C26H20N2O2. The van der Waals surface area contributed by atoms with Crippen LogP contribution in [0, 0.1) is 0 Å². The molecule has 1 aliphatic rings. The summed E-state index contributed by atoms with van der Waals surface area (Å²) in [7, 11) is 0. The van der Waals surface area contributed by atoms with Crippen LogP contribution in [-0.2, 0) is 5.41 Å². The Kier molecular flexibility index (Phi) is 3.90.